The van der Waals surface area contributed by atoms with Crippen molar-refractivity contribution in [2.75, 3.05) is 19.7 Å². The normalized spacial score (nSPS) is 18.2. The first-order valence-corrected chi connectivity index (χ1v) is 7.88. The molecule has 0 aliphatic carbocycles. The quantitative estimate of drug-likeness (QED) is 0.876. The number of aliphatic carboxylic acids is 1. The number of hydrogen-bond acceptors (Lipinski definition) is 4. The predicted molar refractivity (Wildman–Crippen MR) is 72.2 cm³/mol. The smallest absolute Gasteiger partial charge is 0.338 e. The van der Waals surface area contributed by atoms with E-state index in [-0.39, 0.29) is 24.7 Å². The molecule has 1 aromatic rings. The lowest BCUT2D eigenvalue weighted by Crippen LogP contribution is -2.68. The highest BCUT2D eigenvalue weighted by atomic mass is 35.5. The second kappa shape index (κ2) is 5.53. The van der Waals surface area contributed by atoms with E-state index in [9.17, 15) is 17.6 Å². The van der Waals surface area contributed by atoms with Gasteiger partial charge in [0.25, 0.3) is 0 Å². The van der Waals surface area contributed by atoms with E-state index in [0.29, 0.717) is 0 Å². The summed E-state index contributed by atoms with van der Waals surface area (Å²) in [5.41, 5.74) is -1.58. The summed E-state index contributed by atoms with van der Waals surface area (Å²) in [5, 5.41) is 8.88. The summed E-state index contributed by atoms with van der Waals surface area (Å²) in [7, 11) is -4.20. The third kappa shape index (κ3) is 2.64. The number of nitrogens with zero attached hydrogens (tertiary/aromatic N) is 1. The van der Waals surface area contributed by atoms with Crippen LogP contribution in [0.4, 0.5) is 4.39 Å². The van der Waals surface area contributed by atoms with Crippen molar-refractivity contribution in [2.24, 2.45) is 0 Å². The van der Waals surface area contributed by atoms with Gasteiger partial charge in [-0.15, -0.1) is 0 Å². The monoisotopic (exact) mass is 337 g/mol. The van der Waals surface area contributed by atoms with Crippen LogP contribution in [-0.2, 0) is 19.6 Å². The van der Waals surface area contributed by atoms with Crippen molar-refractivity contribution in [3.8, 4) is 0 Å². The Balaban J connectivity index is 2.31. The molecule has 0 unspecified atom stereocenters. The van der Waals surface area contributed by atoms with Crippen LogP contribution in [-0.4, -0.2) is 49.1 Å². The van der Waals surface area contributed by atoms with Crippen molar-refractivity contribution in [1.82, 2.24) is 4.31 Å². The van der Waals surface area contributed by atoms with Gasteiger partial charge in [-0.25, -0.2) is 17.6 Å². The van der Waals surface area contributed by atoms with Crippen molar-refractivity contribution >= 4 is 27.6 Å². The van der Waals surface area contributed by atoms with Crippen molar-refractivity contribution < 1.29 is 27.4 Å². The first-order valence-electron chi connectivity index (χ1n) is 6.06. The van der Waals surface area contributed by atoms with Crippen LogP contribution in [0.1, 0.15) is 6.92 Å². The van der Waals surface area contributed by atoms with Crippen LogP contribution >= 0.6 is 11.6 Å². The Kier molecular flexibility index (Phi) is 4.25. The number of benzene rings is 1. The summed E-state index contributed by atoms with van der Waals surface area (Å²) in [4.78, 5) is 10.5. The van der Waals surface area contributed by atoms with E-state index < -0.39 is 32.3 Å². The van der Waals surface area contributed by atoms with Crippen molar-refractivity contribution in [1.29, 1.82) is 0 Å². The molecule has 0 radical (unpaired) electrons. The fourth-order valence-electron chi connectivity index (χ4n) is 2.12. The molecule has 21 heavy (non-hydrogen) atoms. The SMILES string of the molecule is CCOC1(C(=O)O)CN(S(=O)(=O)c2c(F)cccc2Cl)C1. The standard InChI is InChI=1S/C12H13ClFNO5S/c1-2-20-12(11(16)17)6-15(7-12)21(18,19)10-8(13)4-3-5-9(10)14/h3-5H,2,6-7H2,1H3,(H,16,17). The van der Waals surface area contributed by atoms with Crippen molar-refractivity contribution in [3.63, 3.8) is 0 Å². The molecule has 0 atom stereocenters. The molecule has 9 heteroatoms. The van der Waals surface area contributed by atoms with Gasteiger partial charge in [-0.2, -0.15) is 4.31 Å². The molecule has 1 aliphatic heterocycles. The third-order valence-corrected chi connectivity index (χ3v) is 5.49. The van der Waals surface area contributed by atoms with E-state index in [1.54, 1.807) is 6.92 Å². The molecule has 1 aromatic carbocycles. The second-order valence-electron chi connectivity index (χ2n) is 4.56. The molecular formula is C12H13ClFNO5S. The lowest BCUT2D eigenvalue weighted by molar-refractivity contribution is -0.181. The topological polar surface area (TPSA) is 83.9 Å². The Morgan fingerprint density at radius 2 is 2.14 bits per heavy atom. The fraction of sp³-hybridized carbons (Fsp3) is 0.417. The van der Waals surface area contributed by atoms with E-state index >= 15 is 0 Å². The molecular weight excluding hydrogens is 325 g/mol. The fourth-order valence-corrected chi connectivity index (χ4v) is 4.22. The minimum Gasteiger partial charge on any atom is -0.479 e. The van der Waals surface area contributed by atoms with Crippen LogP contribution in [0.5, 0.6) is 0 Å². The van der Waals surface area contributed by atoms with Gasteiger partial charge in [0, 0.05) is 6.61 Å². The van der Waals surface area contributed by atoms with E-state index in [1.807, 2.05) is 0 Å². The van der Waals surface area contributed by atoms with E-state index in [4.69, 9.17) is 21.4 Å². The number of carboxylic acids is 1. The van der Waals surface area contributed by atoms with Crippen LogP contribution in [0.2, 0.25) is 5.02 Å². The van der Waals surface area contributed by atoms with Gasteiger partial charge in [0.05, 0.1) is 18.1 Å². The molecule has 0 amide bonds. The summed E-state index contributed by atoms with van der Waals surface area (Å²) < 4.78 is 44.3. The summed E-state index contributed by atoms with van der Waals surface area (Å²) in [5.74, 6) is -2.23. The van der Waals surface area contributed by atoms with Crippen LogP contribution in [0.25, 0.3) is 0 Å². The number of carbonyl (C=O) groups is 1. The maximum Gasteiger partial charge on any atom is 0.338 e. The number of sulfonamides is 1. The summed E-state index contributed by atoms with van der Waals surface area (Å²) in [6.45, 7) is 0.961. The van der Waals surface area contributed by atoms with Crippen molar-refractivity contribution in [2.45, 2.75) is 17.4 Å². The molecule has 2 rings (SSSR count). The molecule has 116 valence electrons. The van der Waals surface area contributed by atoms with Gasteiger partial charge in [-0.3, -0.25) is 0 Å². The lowest BCUT2D eigenvalue weighted by Gasteiger charge is -2.45. The summed E-state index contributed by atoms with van der Waals surface area (Å²) in [6, 6.07) is 3.52. The van der Waals surface area contributed by atoms with Gasteiger partial charge in [0.15, 0.2) is 5.60 Å². The van der Waals surface area contributed by atoms with Crippen LogP contribution in [0, 0.1) is 5.82 Å². The molecule has 6 nitrogen and oxygen atoms in total. The van der Waals surface area contributed by atoms with E-state index in [1.165, 1.54) is 12.1 Å². The molecule has 1 aliphatic rings. The van der Waals surface area contributed by atoms with Gasteiger partial charge in [0.1, 0.15) is 10.7 Å². The number of ether oxygens (including phenoxy) is 1. The first-order chi connectivity index (χ1) is 9.74. The minimum absolute atomic E-state index is 0.126. The highest BCUT2D eigenvalue weighted by molar-refractivity contribution is 7.89. The Morgan fingerprint density at radius 1 is 1.52 bits per heavy atom. The van der Waals surface area contributed by atoms with Crippen LogP contribution in [0.15, 0.2) is 23.1 Å². The minimum atomic E-state index is -4.20. The van der Waals surface area contributed by atoms with Crippen LogP contribution in [0.3, 0.4) is 0 Å². The van der Waals surface area contributed by atoms with Gasteiger partial charge in [-0.05, 0) is 19.1 Å². The molecule has 1 N–H and O–H groups in total. The zero-order valence-corrected chi connectivity index (χ0v) is 12.6. The predicted octanol–water partition coefficient (Wildman–Crippen LogP) is 1.34. The van der Waals surface area contributed by atoms with Gasteiger partial charge < -0.3 is 9.84 Å². The zero-order chi connectivity index (χ0) is 15.8. The van der Waals surface area contributed by atoms with Gasteiger partial charge in [-0.1, -0.05) is 17.7 Å². The average Bonchev–Trinajstić information content (AvgIpc) is 2.31. The van der Waals surface area contributed by atoms with Gasteiger partial charge >= 0.3 is 5.97 Å². The van der Waals surface area contributed by atoms with E-state index in [2.05, 4.69) is 0 Å². The first kappa shape index (κ1) is 16.2. The molecule has 0 aromatic heterocycles. The molecule has 0 saturated carbocycles. The number of hydrogen-bond donors (Lipinski definition) is 1. The Labute approximate surface area is 126 Å². The van der Waals surface area contributed by atoms with E-state index in [0.717, 1.165) is 10.4 Å². The molecule has 1 heterocycles. The lowest BCUT2D eigenvalue weighted by atomic mass is 9.97. The largest absolute Gasteiger partial charge is 0.479 e. The molecule has 0 bridgehead atoms. The average molecular weight is 338 g/mol. The number of rotatable bonds is 5. The van der Waals surface area contributed by atoms with Gasteiger partial charge in [0.2, 0.25) is 10.0 Å². The summed E-state index contributed by atoms with van der Waals surface area (Å²) >= 11 is 5.74. The highest BCUT2D eigenvalue weighted by Gasteiger charge is 2.55. The molecule has 1 saturated heterocycles. The Bertz CT molecular complexity index is 652. The number of carboxylic acid groups (broad SMARTS) is 1. The zero-order valence-electron chi connectivity index (χ0n) is 11.0. The second-order valence-corrected chi connectivity index (χ2v) is 6.84. The highest BCUT2D eigenvalue weighted by Crippen LogP contribution is 2.34. The Morgan fingerprint density at radius 3 is 2.62 bits per heavy atom. The molecule has 0 spiro atoms. The maximum atomic E-state index is 13.7. The molecule has 1 fully saturated rings. The van der Waals surface area contributed by atoms with Crippen molar-refractivity contribution in [3.05, 3.63) is 29.0 Å². The maximum absolute atomic E-state index is 13.7. The summed E-state index contributed by atoms with van der Waals surface area (Å²) in [6.07, 6.45) is 0. The van der Waals surface area contributed by atoms with Crippen LogP contribution < -0.4 is 0 Å². The Hall–Kier alpha value is -1.22. The number of halogens is 2. The third-order valence-electron chi connectivity index (χ3n) is 3.19.